The fourth-order valence-electron chi connectivity index (χ4n) is 11.3. The molecule has 12 rings (SSSR count). The maximum atomic E-state index is 16.2. The van der Waals surface area contributed by atoms with Crippen molar-refractivity contribution in [2.75, 3.05) is 96.2 Å². The van der Waals surface area contributed by atoms with Gasteiger partial charge in [-0.1, -0.05) is 60.7 Å². The van der Waals surface area contributed by atoms with E-state index in [2.05, 4.69) is 81.3 Å². The molecule has 12 nitrogen and oxygen atoms in total. The second-order valence-electron chi connectivity index (χ2n) is 18.4. The molecule has 6 heterocycles. The van der Waals surface area contributed by atoms with E-state index in [1.54, 1.807) is 0 Å². The lowest BCUT2D eigenvalue weighted by molar-refractivity contribution is 0.281. The lowest BCUT2D eigenvalue weighted by atomic mass is 9.91. The Bertz CT molecular complexity index is 3550. The van der Waals surface area contributed by atoms with Gasteiger partial charge in [0.25, 0.3) is 14.7 Å². The van der Waals surface area contributed by atoms with E-state index in [0.717, 1.165) is 66.3 Å². The molecule has 1 N–H and O–H groups in total. The van der Waals surface area contributed by atoms with Crippen LogP contribution in [0.1, 0.15) is 40.3 Å². The monoisotopic (exact) mass is 948 g/mol. The van der Waals surface area contributed by atoms with Crippen LogP contribution in [-0.2, 0) is 13.7 Å². The maximum Gasteiger partial charge on any atom is 0.270 e. The van der Waals surface area contributed by atoms with Crippen molar-refractivity contribution in [2.24, 2.45) is 0 Å². The second-order valence-corrected chi connectivity index (χ2v) is 22.7. The van der Waals surface area contributed by atoms with Crippen LogP contribution >= 0.6 is 14.7 Å². The van der Waals surface area contributed by atoms with E-state index >= 15 is 9.13 Å². The van der Waals surface area contributed by atoms with Crippen molar-refractivity contribution < 1.29 is 37.5 Å². The number of anilines is 2. The molecular formula is C54H54N4O8P2+2. The first-order valence-electron chi connectivity index (χ1n) is 23.6. The maximum absolute atomic E-state index is 16.2. The molecule has 68 heavy (non-hydrogen) atoms. The normalized spacial score (nSPS) is 20.8. The second kappa shape index (κ2) is 16.2. The summed E-state index contributed by atoms with van der Waals surface area (Å²) in [5, 5.41) is 5.01. The molecule has 0 amide bonds. The van der Waals surface area contributed by atoms with E-state index in [4.69, 9.17) is 23.5 Å². The van der Waals surface area contributed by atoms with Crippen LogP contribution in [0.2, 0.25) is 0 Å². The molecule has 0 fully saturated rings. The van der Waals surface area contributed by atoms with Gasteiger partial charge in [-0.05, 0) is 78.4 Å². The van der Waals surface area contributed by atoms with Gasteiger partial charge in [0.2, 0.25) is 22.2 Å². The van der Waals surface area contributed by atoms with Gasteiger partial charge in [0.05, 0.1) is 52.3 Å². The van der Waals surface area contributed by atoms with Crippen LogP contribution in [0.25, 0.3) is 11.1 Å². The first-order chi connectivity index (χ1) is 33.0. The SMILES string of the molecule is CCOP1(=O)c2c(ccc3c2OCCN3CCN2CCOc3c2ccc2c3P(=O)(O)c3c4c(ccc3=C2c2ccccc2C)=[N+](C)CCO4)C(c2ccccc2C)=c2ccc3c(c21)OCC[N+]=3C. The highest BCUT2D eigenvalue weighted by Crippen LogP contribution is 2.55. The van der Waals surface area contributed by atoms with Crippen molar-refractivity contribution in [1.82, 2.24) is 9.15 Å². The zero-order valence-corrected chi connectivity index (χ0v) is 40.8. The van der Waals surface area contributed by atoms with Gasteiger partial charge >= 0.3 is 0 Å². The summed E-state index contributed by atoms with van der Waals surface area (Å²) in [6.07, 6.45) is 0. The molecule has 0 saturated heterocycles. The summed E-state index contributed by atoms with van der Waals surface area (Å²) in [6.45, 7) is 11.6. The fourth-order valence-corrected chi connectivity index (χ4v) is 16.2. The molecule has 0 radical (unpaired) electrons. The molecule has 2 unspecified atom stereocenters. The number of fused-ring (bicyclic) bond motifs is 12. The van der Waals surface area contributed by atoms with Crippen LogP contribution in [0.4, 0.5) is 11.4 Å². The van der Waals surface area contributed by atoms with Crippen molar-refractivity contribution in [2.45, 2.75) is 20.8 Å². The zero-order valence-electron chi connectivity index (χ0n) is 39.0. The van der Waals surface area contributed by atoms with Gasteiger partial charge in [-0.2, -0.15) is 0 Å². The average Bonchev–Trinajstić information content (AvgIpc) is 3.33. The van der Waals surface area contributed by atoms with Crippen LogP contribution in [0.15, 0.2) is 97.1 Å². The number of likely N-dealkylation sites (N-methyl/N-ethyl adjacent to an activating group) is 2. The predicted octanol–water partition coefficient (Wildman–Crippen LogP) is 3.04. The summed E-state index contributed by atoms with van der Waals surface area (Å²) in [4.78, 5) is 17.2. The average molecular weight is 949 g/mol. The molecule has 0 aromatic heterocycles. The number of hydrogen-bond donors (Lipinski definition) is 1. The molecule has 6 aliphatic heterocycles. The first kappa shape index (κ1) is 43.1. The van der Waals surface area contributed by atoms with Gasteiger partial charge in [-0.25, -0.2) is 9.15 Å². The van der Waals surface area contributed by atoms with Gasteiger partial charge < -0.3 is 38.2 Å². The Morgan fingerprint density at radius 3 is 1.56 bits per heavy atom. The van der Waals surface area contributed by atoms with Crippen LogP contribution in [0.5, 0.6) is 23.0 Å². The number of ether oxygens (including phenoxy) is 4. The van der Waals surface area contributed by atoms with Crippen molar-refractivity contribution >= 4 is 58.5 Å². The lowest BCUT2D eigenvalue weighted by Crippen LogP contribution is -2.48. The molecule has 0 spiro atoms. The van der Waals surface area contributed by atoms with Crippen molar-refractivity contribution in [3.63, 3.8) is 0 Å². The Morgan fingerprint density at radius 2 is 1.03 bits per heavy atom. The first-order valence-corrected chi connectivity index (χ1v) is 26.9. The third kappa shape index (κ3) is 6.34. The highest BCUT2D eigenvalue weighted by atomic mass is 31.2. The number of nitrogens with zero attached hydrogens (tertiary/aromatic N) is 4. The van der Waals surface area contributed by atoms with E-state index in [0.29, 0.717) is 121 Å². The molecule has 346 valence electrons. The molecular weight excluding hydrogens is 895 g/mol. The smallest absolute Gasteiger partial charge is 0.270 e. The minimum atomic E-state index is -4.30. The fraction of sp³-hybridized carbons (Fsp3) is 0.296. The van der Waals surface area contributed by atoms with Crippen molar-refractivity contribution in [3.8, 4) is 23.0 Å². The van der Waals surface area contributed by atoms with Crippen molar-refractivity contribution in [1.29, 1.82) is 0 Å². The summed E-state index contributed by atoms with van der Waals surface area (Å²) in [5.74, 6) is 2.05. The third-order valence-electron chi connectivity index (χ3n) is 14.6. The molecule has 0 aliphatic carbocycles. The van der Waals surface area contributed by atoms with E-state index in [-0.39, 0.29) is 6.61 Å². The van der Waals surface area contributed by atoms with Gasteiger partial charge in [0, 0.05) is 46.8 Å². The van der Waals surface area contributed by atoms with Crippen LogP contribution < -0.4 is 80.3 Å². The van der Waals surface area contributed by atoms with Gasteiger partial charge in [0.1, 0.15) is 40.5 Å². The molecule has 0 saturated carbocycles. The summed E-state index contributed by atoms with van der Waals surface area (Å²) < 4.78 is 68.4. The van der Waals surface area contributed by atoms with Crippen molar-refractivity contribution in [3.05, 3.63) is 152 Å². The summed E-state index contributed by atoms with van der Waals surface area (Å²) in [7, 11) is -4.11. The quantitative estimate of drug-likeness (QED) is 0.190. The topological polar surface area (TPSA) is 113 Å². The largest absolute Gasteiger partial charge is 0.489 e. The Kier molecular flexibility index (Phi) is 10.3. The molecule has 14 heteroatoms. The standard InChI is InChI=1S/C54H53N4O8P2/c1-6-66-68(61)53-39(16-20-42-48(53)63-30-26-56(42)5)46(36-14-10-8-12-34(36)3)40-18-22-44-50(54(40)68)65-32-28-58(44)24-23-57-27-31-64-49-43(57)21-17-38-45(35-13-9-7-11-33(35)2)37-15-19-41-47(62-29-25-55(41)4)51(37)67(59,60)52(38)49/h7-22H,6,23-32H2,1-5H3/q+1/p+1. The molecule has 6 aromatic rings. The number of aryl methyl sites for hydroxylation is 2. The molecule has 6 aromatic carbocycles. The zero-order chi connectivity index (χ0) is 46.6. The summed E-state index contributed by atoms with van der Waals surface area (Å²) >= 11 is 0. The minimum absolute atomic E-state index is 0.228. The highest BCUT2D eigenvalue weighted by molar-refractivity contribution is 7.75. The van der Waals surface area contributed by atoms with Crippen LogP contribution in [-0.4, -0.2) is 91.3 Å². The summed E-state index contributed by atoms with van der Waals surface area (Å²) in [6, 6.07) is 32.9. The Hall–Kier alpha value is -6.16. The molecule has 2 atom stereocenters. The van der Waals surface area contributed by atoms with E-state index < -0.39 is 14.7 Å². The molecule has 0 bridgehead atoms. The van der Waals surface area contributed by atoms with E-state index in [9.17, 15) is 4.89 Å². The van der Waals surface area contributed by atoms with Crippen LogP contribution in [0.3, 0.4) is 0 Å². The Labute approximate surface area is 395 Å². The Balaban J connectivity index is 0.968. The van der Waals surface area contributed by atoms with E-state index in [1.165, 1.54) is 0 Å². The Morgan fingerprint density at radius 1 is 0.559 bits per heavy atom. The van der Waals surface area contributed by atoms with Gasteiger partial charge in [0.15, 0.2) is 24.6 Å². The van der Waals surface area contributed by atoms with Crippen LogP contribution in [0, 0.1) is 13.8 Å². The summed E-state index contributed by atoms with van der Waals surface area (Å²) in [5.41, 5.74) is 9.18. The highest BCUT2D eigenvalue weighted by Gasteiger charge is 2.47. The number of hydrogen-bond acceptors (Lipinski definition) is 9. The van der Waals surface area contributed by atoms with E-state index in [1.807, 2.05) is 69.6 Å². The number of benzene rings is 6. The third-order valence-corrected chi connectivity index (χ3v) is 19.3. The predicted molar refractivity (Wildman–Crippen MR) is 268 cm³/mol. The van der Waals surface area contributed by atoms with Gasteiger partial charge in [-0.3, -0.25) is 9.13 Å². The minimum Gasteiger partial charge on any atom is -0.489 e. The number of rotatable bonds is 7. The lowest BCUT2D eigenvalue weighted by Gasteiger charge is -2.39. The van der Waals surface area contributed by atoms with Gasteiger partial charge in [-0.15, -0.1) is 0 Å². The molecule has 6 aliphatic rings.